The first-order valence-electron chi connectivity index (χ1n) is 7.90. The third kappa shape index (κ3) is 2.41. The van der Waals surface area contributed by atoms with Gasteiger partial charge in [0.05, 0.1) is 0 Å². The molecule has 3 heteroatoms. The Morgan fingerprint density at radius 2 is 2.00 bits per heavy atom. The molecule has 1 saturated carbocycles. The van der Waals surface area contributed by atoms with Crippen molar-refractivity contribution in [2.75, 3.05) is 6.54 Å². The summed E-state index contributed by atoms with van der Waals surface area (Å²) in [4.78, 5) is 1.06. The lowest BCUT2D eigenvalue weighted by atomic mass is 9.61. The molecule has 3 rings (SSSR count). The molecule has 1 fully saturated rings. The van der Waals surface area contributed by atoms with Crippen LogP contribution in [-0.4, -0.2) is 11.7 Å². The minimum atomic E-state index is -0.842. The van der Waals surface area contributed by atoms with Crippen LogP contribution in [0.3, 0.4) is 0 Å². The van der Waals surface area contributed by atoms with Crippen LogP contribution < -0.4 is 5.73 Å². The van der Waals surface area contributed by atoms with Crippen molar-refractivity contribution in [1.29, 1.82) is 0 Å². The lowest BCUT2D eigenvalue weighted by Gasteiger charge is -2.48. The van der Waals surface area contributed by atoms with Crippen LogP contribution in [0.5, 0.6) is 0 Å². The highest BCUT2D eigenvalue weighted by Crippen LogP contribution is 2.52. The molecule has 1 aliphatic rings. The SMILES string of the molecule is CC1CCC(CN)(C(C)(O)c2cc3ccccc3s2)CC1. The molecular formula is C18H25NOS. The Morgan fingerprint density at radius 1 is 1.33 bits per heavy atom. The Labute approximate surface area is 131 Å². The summed E-state index contributed by atoms with van der Waals surface area (Å²) in [6, 6.07) is 10.5. The van der Waals surface area contributed by atoms with Crippen molar-refractivity contribution in [1.82, 2.24) is 0 Å². The molecule has 1 unspecified atom stereocenters. The second-order valence-electron chi connectivity index (χ2n) is 6.89. The Hall–Kier alpha value is -0.900. The van der Waals surface area contributed by atoms with Gasteiger partial charge in [0.15, 0.2) is 0 Å². The predicted molar refractivity (Wildman–Crippen MR) is 90.5 cm³/mol. The maximum atomic E-state index is 11.4. The van der Waals surface area contributed by atoms with E-state index in [4.69, 9.17) is 5.73 Å². The van der Waals surface area contributed by atoms with Crippen molar-refractivity contribution in [3.8, 4) is 0 Å². The van der Waals surface area contributed by atoms with Crippen LogP contribution in [0.4, 0.5) is 0 Å². The molecular weight excluding hydrogens is 278 g/mol. The number of benzene rings is 1. The fraction of sp³-hybridized carbons (Fsp3) is 0.556. The predicted octanol–water partition coefficient (Wildman–Crippen LogP) is 4.26. The summed E-state index contributed by atoms with van der Waals surface area (Å²) in [6.45, 7) is 4.83. The Bertz CT molecular complexity index is 590. The monoisotopic (exact) mass is 303 g/mol. The lowest BCUT2D eigenvalue weighted by molar-refractivity contribution is -0.0944. The van der Waals surface area contributed by atoms with E-state index in [1.165, 1.54) is 10.1 Å². The Morgan fingerprint density at radius 3 is 2.62 bits per heavy atom. The van der Waals surface area contributed by atoms with Crippen LogP contribution >= 0.6 is 11.3 Å². The largest absolute Gasteiger partial charge is 0.384 e. The van der Waals surface area contributed by atoms with Gasteiger partial charge in [0.25, 0.3) is 0 Å². The molecule has 1 aliphatic carbocycles. The average molecular weight is 303 g/mol. The molecule has 0 bridgehead atoms. The van der Waals surface area contributed by atoms with E-state index in [-0.39, 0.29) is 5.41 Å². The van der Waals surface area contributed by atoms with E-state index in [9.17, 15) is 5.11 Å². The molecule has 0 radical (unpaired) electrons. The van der Waals surface area contributed by atoms with Gasteiger partial charge in [-0.1, -0.05) is 38.0 Å². The van der Waals surface area contributed by atoms with Crippen molar-refractivity contribution in [3.63, 3.8) is 0 Å². The van der Waals surface area contributed by atoms with E-state index < -0.39 is 5.60 Å². The van der Waals surface area contributed by atoms with Gasteiger partial charge in [-0.25, -0.2) is 0 Å². The van der Waals surface area contributed by atoms with Crippen molar-refractivity contribution >= 4 is 21.4 Å². The number of rotatable bonds is 3. The number of thiophene rings is 1. The van der Waals surface area contributed by atoms with Crippen LogP contribution in [0.2, 0.25) is 0 Å². The van der Waals surface area contributed by atoms with Crippen LogP contribution in [0, 0.1) is 11.3 Å². The summed E-state index contributed by atoms with van der Waals surface area (Å²) in [5, 5.41) is 12.6. The highest BCUT2D eigenvalue weighted by atomic mass is 32.1. The highest BCUT2D eigenvalue weighted by molar-refractivity contribution is 7.19. The van der Waals surface area contributed by atoms with E-state index in [0.29, 0.717) is 6.54 Å². The number of hydrogen-bond acceptors (Lipinski definition) is 3. The second kappa shape index (κ2) is 5.38. The standard InChI is InChI=1S/C18H25NOS/c1-13-7-9-18(12-19,10-8-13)17(2,20)16-11-14-5-3-4-6-15(14)21-16/h3-6,11,13,20H,7-10,12,19H2,1-2H3. The molecule has 1 aromatic heterocycles. The molecule has 1 atom stereocenters. The van der Waals surface area contributed by atoms with Crippen molar-refractivity contribution in [2.24, 2.45) is 17.1 Å². The van der Waals surface area contributed by atoms with Crippen molar-refractivity contribution in [2.45, 2.75) is 45.1 Å². The number of fused-ring (bicyclic) bond motifs is 1. The Balaban J connectivity index is 2.01. The van der Waals surface area contributed by atoms with Gasteiger partial charge >= 0.3 is 0 Å². The molecule has 21 heavy (non-hydrogen) atoms. The first kappa shape index (κ1) is 15.0. The fourth-order valence-electron chi connectivity index (χ4n) is 3.69. The van der Waals surface area contributed by atoms with Gasteiger partial charge in [0.1, 0.15) is 5.60 Å². The molecule has 0 aliphatic heterocycles. The summed E-state index contributed by atoms with van der Waals surface area (Å²) >= 11 is 1.71. The summed E-state index contributed by atoms with van der Waals surface area (Å²) in [6.07, 6.45) is 4.37. The molecule has 114 valence electrons. The average Bonchev–Trinajstić information content (AvgIpc) is 2.93. The van der Waals surface area contributed by atoms with E-state index in [2.05, 4.69) is 37.3 Å². The number of hydrogen-bond donors (Lipinski definition) is 2. The quantitative estimate of drug-likeness (QED) is 0.889. The van der Waals surface area contributed by atoms with E-state index in [1.807, 2.05) is 6.92 Å². The molecule has 1 heterocycles. The maximum Gasteiger partial charge on any atom is 0.103 e. The number of aliphatic hydroxyl groups is 1. The minimum Gasteiger partial charge on any atom is -0.384 e. The highest BCUT2D eigenvalue weighted by Gasteiger charge is 2.49. The number of nitrogens with two attached hydrogens (primary N) is 1. The molecule has 1 aromatic carbocycles. The minimum absolute atomic E-state index is 0.180. The molecule has 2 aromatic rings. The molecule has 2 nitrogen and oxygen atoms in total. The molecule has 3 N–H and O–H groups in total. The Kier molecular flexibility index (Phi) is 3.85. The zero-order chi connectivity index (χ0) is 15.1. The van der Waals surface area contributed by atoms with Crippen LogP contribution in [-0.2, 0) is 5.60 Å². The van der Waals surface area contributed by atoms with Gasteiger partial charge in [-0.05, 0) is 43.2 Å². The second-order valence-corrected chi connectivity index (χ2v) is 7.97. The summed E-state index contributed by atoms with van der Waals surface area (Å²) in [5.74, 6) is 0.753. The zero-order valence-electron chi connectivity index (χ0n) is 12.9. The topological polar surface area (TPSA) is 46.2 Å². The van der Waals surface area contributed by atoms with Gasteiger partial charge in [-0.2, -0.15) is 0 Å². The van der Waals surface area contributed by atoms with E-state index >= 15 is 0 Å². The fourth-order valence-corrected chi connectivity index (χ4v) is 4.92. The van der Waals surface area contributed by atoms with Crippen LogP contribution in [0.1, 0.15) is 44.4 Å². The lowest BCUT2D eigenvalue weighted by Crippen LogP contribution is -2.50. The summed E-state index contributed by atoms with van der Waals surface area (Å²) in [5.41, 5.74) is 5.12. The van der Waals surface area contributed by atoms with E-state index in [1.54, 1.807) is 11.3 Å². The van der Waals surface area contributed by atoms with Gasteiger partial charge in [0.2, 0.25) is 0 Å². The van der Waals surface area contributed by atoms with Gasteiger partial charge in [-0.15, -0.1) is 11.3 Å². The smallest absolute Gasteiger partial charge is 0.103 e. The summed E-state index contributed by atoms with van der Waals surface area (Å²) in [7, 11) is 0. The maximum absolute atomic E-state index is 11.4. The van der Waals surface area contributed by atoms with E-state index in [0.717, 1.165) is 36.5 Å². The normalized spacial score (nSPS) is 29.4. The molecule has 0 spiro atoms. The molecule has 0 amide bonds. The van der Waals surface area contributed by atoms with Gasteiger partial charge in [-0.3, -0.25) is 0 Å². The summed E-state index contributed by atoms with van der Waals surface area (Å²) < 4.78 is 1.24. The van der Waals surface area contributed by atoms with Crippen molar-refractivity contribution in [3.05, 3.63) is 35.2 Å². The van der Waals surface area contributed by atoms with Crippen LogP contribution in [0.15, 0.2) is 30.3 Å². The first-order chi connectivity index (χ1) is 9.98. The van der Waals surface area contributed by atoms with Crippen molar-refractivity contribution < 1.29 is 5.11 Å². The first-order valence-corrected chi connectivity index (χ1v) is 8.72. The third-order valence-electron chi connectivity index (χ3n) is 5.56. The molecule has 0 saturated heterocycles. The van der Waals surface area contributed by atoms with Gasteiger partial charge in [0, 0.05) is 21.5 Å². The third-order valence-corrected chi connectivity index (χ3v) is 6.89. The van der Waals surface area contributed by atoms with Crippen LogP contribution in [0.25, 0.3) is 10.1 Å². The van der Waals surface area contributed by atoms with Gasteiger partial charge < -0.3 is 10.8 Å². The zero-order valence-corrected chi connectivity index (χ0v) is 13.7.